The van der Waals surface area contributed by atoms with Crippen LogP contribution in [0.2, 0.25) is 5.02 Å². The van der Waals surface area contributed by atoms with Crippen molar-refractivity contribution in [3.63, 3.8) is 0 Å². The van der Waals surface area contributed by atoms with E-state index in [1.165, 1.54) is 34.6 Å². The molecule has 3 aromatic carbocycles. The average Bonchev–Trinajstić information content (AvgIpc) is 3.35. The van der Waals surface area contributed by atoms with Crippen LogP contribution in [0.25, 0.3) is 6.08 Å². The van der Waals surface area contributed by atoms with E-state index in [1.807, 2.05) is 43.3 Å². The summed E-state index contributed by atoms with van der Waals surface area (Å²) >= 11 is 9.30. The average molecular weight is 625 g/mol. The Labute approximate surface area is 240 Å². The van der Waals surface area contributed by atoms with Gasteiger partial charge in [0.2, 0.25) is 10.0 Å². The second kappa shape index (κ2) is 12.5. The van der Waals surface area contributed by atoms with Crippen molar-refractivity contribution in [2.75, 3.05) is 5.32 Å². The summed E-state index contributed by atoms with van der Waals surface area (Å²) in [6, 6.07) is 25.6. The summed E-state index contributed by atoms with van der Waals surface area (Å²) in [6.07, 6.45) is 1.31. The number of carbonyl (C=O) groups is 1. The van der Waals surface area contributed by atoms with Crippen LogP contribution in [0, 0.1) is 18.3 Å². The minimum Gasteiger partial charge on any atom is -0.460 e. The first-order valence-corrected chi connectivity index (χ1v) is 14.3. The number of furan rings is 1. The number of amides is 1. The number of nitrogens with one attached hydrogen (secondary N) is 1. The Morgan fingerprint density at radius 1 is 1.05 bits per heavy atom. The third-order valence-electron chi connectivity index (χ3n) is 5.68. The van der Waals surface area contributed by atoms with Crippen LogP contribution in [-0.2, 0) is 27.9 Å². The summed E-state index contributed by atoms with van der Waals surface area (Å²) in [4.78, 5) is 12.7. The number of anilines is 1. The normalized spacial score (nSPS) is 11.8. The number of aryl methyl sites for hydroxylation is 1. The zero-order valence-corrected chi connectivity index (χ0v) is 23.9. The highest BCUT2D eigenvalue weighted by molar-refractivity contribution is 9.10. The maximum atomic E-state index is 13.6. The van der Waals surface area contributed by atoms with Gasteiger partial charge in [-0.2, -0.15) is 9.57 Å². The van der Waals surface area contributed by atoms with Crippen LogP contribution in [0.3, 0.4) is 0 Å². The number of carbonyl (C=O) groups excluding carboxylic acids is 1. The molecule has 0 spiro atoms. The van der Waals surface area contributed by atoms with Gasteiger partial charge in [0.25, 0.3) is 5.91 Å². The Kier molecular flexibility index (Phi) is 9.04. The van der Waals surface area contributed by atoms with Crippen LogP contribution in [0.1, 0.15) is 22.6 Å². The van der Waals surface area contributed by atoms with Crippen LogP contribution in [0.15, 0.2) is 104 Å². The number of nitrogens with zero attached hydrogens (tertiary/aromatic N) is 2. The third-order valence-corrected chi connectivity index (χ3v) is 8.23. The zero-order valence-electron chi connectivity index (χ0n) is 20.8. The number of hydrogen-bond acceptors (Lipinski definition) is 5. The molecule has 0 atom stereocenters. The van der Waals surface area contributed by atoms with Crippen LogP contribution >= 0.6 is 27.5 Å². The van der Waals surface area contributed by atoms with E-state index >= 15 is 0 Å². The molecule has 0 aliphatic rings. The fourth-order valence-electron chi connectivity index (χ4n) is 3.67. The monoisotopic (exact) mass is 623 g/mol. The summed E-state index contributed by atoms with van der Waals surface area (Å²) in [7, 11) is -3.92. The predicted molar refractivity (Wildman–Crippen MR) is 154 cm³/mol. The molecule has 0 aliphatic carbocycles. The maximum absolute atomic E-state index is 13.6. The Morgan fingerprint density at radius 3 is 2.44 bits per heavy atom. The van der Waals surface area contributed by atoms with Crippen LogP contribution < -0.4 is 5.32 Å². The molecule has 1 amide bonds. The van der Waals surface area contributed by atoms with Gasteiger partial charge in [0.05, 0.1) is 11.4 Å². The number of benzene rings is 3. The standard InChI is InChI=1S/C29H23BrClN3O4S/c1-20-5-7-21(8-6-20)18-34(39(36,37)28-13-9-24(31)10-14-28)19-27-12-11-26(38-27)15-22(17-32)29(35)33-25-4-2-3-23(30)16-25/h2-16H,18-19H2,1H3,(H,33,35)/b22-15-. The van der Waals surface area contributed by atoms with Gasteiger partial charge in [0.1, 0.15) is 23.2 Å². The molecule has 4 rings (SSSR count). The van der Waals surface area contributed by atoms with Crippen molar-refractivity contribution >= 4 is 55.2 Å². The number of sulfonamides is 1. The van der Waals surface area contributed by atoms with Crippen molar-refractivity contribution in [2.45, 2.75) is 24.9 Å². The summed E-state index contributed by atoms with van der Waals surface area (Å²) in [5, 5.41) is 12.6. The largest absolute Gasteiger partial charge is 0.460 e. The van der Waals surface area contributed by atoms with Crippen LogP contribution in [-0.4, -0.2) is 18.6 Å². The highest BCUT2D eigenvalue weighted by Crippen LogP contribution is 2.24. The van der Waals surface area contributed by atoms with Crippen LogP contribution in [0.4, 0.5) is 5.69 Å². The Balaban J connectivity index is 1.58. The van der Waals surface area contributed by atoms with E-state index in [-0.39, 0.29) is 29.3 Å². The van der Waals surface area contributed by atoms with Crippen molar-refractivity contribution in [3.05, 3.63) is 123 Å². The van der Waals surface area contributed by atoms with Gasteiger partial charge in [-0.3, -0.25) is 4.79 Å². The molecule has 0 fully saturated rings. The van der Waals surface area contributed by atoms with Crippen molar-refractivity contribution in [1.29, 1.82) is 5.26 Å². The van der Waals surface area contributed by atoms with E-state index in [0.29, 0.717) is 16.5 Å². The van der Waals surface area contributed by atoms with E-state index in [9.17, 15) is 18.5 Å². The molecule has 10 heteroatoms. The van der Waals surface area contributed by atoms with Gasteiger partial charge in [-0.1, -0.05) is 63.4 Å². The van der Waals surface area contributed by atoms with Gasteiger partial charge in [-0.15, -0.1) is 0 Å². The first-order valence-electron chi connectivity index (χ1n) is 11.7. The van der Waals surface area contributed by atoms with Crippen molar-refractivity contribution < 1.29 is 17.6 Å². The zero-order chi connectivity index (χ0) is 28.0. The fraction of sp³-hybridized carbons (Fsp3) is 0.103. The highest BCUT2D eigenvalue weighted by Gasteiger charge is 2.26. The Morgan fingerprint density at radius 2 is 1.77 bits per heavy atom. The lowest BCUT2D eigenvalue weighted by Crippen LogP contribution is -2.30. The molecule has 0 saturated heterocycles. The third kappa shape index (κ3) is 7.46. The Bertz CT molecular complexity index is 1660. The summed E-state index contributed by atoms with van der Waals surface area (Å²) in [6.45, 7) is 1.99. The molecule has 1 heterocycles. The van der Waals surface area contributed by atoms with E-state index in [0.717, 1.165) is 15.6 Å². The molecular weight excluding hydrogens is 602 g/mol. The van der Waals surface area contributed by atoms with Gasteiger partial charge in [0, 0.05) is 27.8 Å². The van der Waals surface area contributed by atoms with Crippen LogP contribution in [0.5, 0.6) is 0 Å². The first-order chi connectivity index (χ1) is 18.6. The minimum atomic E-state index is -3.92. The lowest BCUT2D eigenvalue weighted by Gasteiger charge is -2.21. The van der Waals surface area contributed by atoms with E-state index < -0.39 is 15.9 Å². The molecule has 0 bridgehead atoms. The smallest absolute Gasteiger partial charge is 0.266 e. The highest BCUT2D eigenvalue weighted by atomic mass is 79.9. The lowest BCUT2D eigenvalue weighted by molar-refractivity contribution is -0.112. The maximum Gasteiger partial charge on any atom is 0.266 e. The summed E-state index contributed by atoms with van der Waals surface area (Å²) < 4.78 is 35.0. The second-order valence-corrected chi connectivity index (χ2v) is 11.9. The topological polar surface area (TPSA) is 103 Å². The minimum absolute atomic E-state index is 0.0706. The van der Waals surface area contributed by atoms with Gasteiger partial charge in [-0.25, -0.2) is 8.42 Å². The quantitative estimate of drug-likeness (QED) is 0.161. The SMILES string of the molecule is Cc1ccc(CN(Cc2ccc(/C=C(/C#N)C(=O)Nc3cccc(Br)c3)o2)S(=O)(=O)c2ccc(Cl)cc2)cc1. The van der Waals surface area contributed by atoms with Gasteiger partial charge < -0.3 is 9.73 Å². The predicted octanol–water partition coefficient (Wildman–Crippen LogP) is 6.94. The van der Waals surface area contributed by atoms with Gasteiger partial charge in [-0.05, 0) is 67.1 Å². The fourth-order valence-corrected chi connectivity index (χ4v) is 5.58. The van der Waals surface area contributed by atoms with E-state index in [4.69, 9.17) is 16.0 Å². The first kappa shape index (κ1) is 28.3. The number of halogens is 2. The molecule has 0 unspecified atom stereocenters. The van der Waals surface area contributed by atoms with E-state index in [2.05, 4.69) is 21.2 Å². The number of nitriles is 1. The lowest BCUT2D eigenvalue weighted by atomic mass is 10.1. The van der Waals surface area contributed by atoms with Gasteiger partial charge >= 0.3 is 0 Å². The molecular formula is C29H23BrClN3O4S. The van der Waals surface area contributed by atoms with E-state index in [1.54, 1.807) is 30.3 Å². The van der Waals surface area contributed by atoms with Crippen molar-refractivity contribution in [2.24, 2.45) is 0 Å². The van der Waals surface area contributed by atoms with Crippen molar-refractivity contribution in [1.82, 2.24) is 4.31 Å². The molecule has 1 aromatic heterocycles. The summed E-state index contributed by atoms with van der Waals surface area (Å²) in [5.74, 6) is -0.0134. The second-order valence-electron chi connectivity index (χ2n) is 8.65. The molecule has 198 valence electrons. The molecule has 0 saturated carbocycles. The molecule has 0 radical (unpaired) electrons. The molecule has 0 aliphatic heterocycles. The summed E-state index contributed by atoms with van der Waals surface area (Å²) in [5.41, 5.74) is 2.22. The molecule has 7 nitrogen and oxygen atoms in total. The molecule has 1 N–H and O–H groups in total. The number of hydrogen-bond donors (Lipinski definition) is 1. The number of rotatable bonds is 9. The molecule has 39 heavy (non-hydrogen) atoms. The Hall–Kier alpha value is -3.68. The molecule has 4 aromatic rings. The van der Waals surface area contributed by atoms with Crippen molar-refractivity contribution in [3.8, 4) is 6.07 Å². The van der Waals surface area contributed by atoms with Gasteiger partial charge in [0.15, 0.2) is 0 Å².